The minimum atomic E-state index is 0.560. The summed E-state index contributed by atoms with van der Waals surface area (Å²) in [6.45, 7) is 0. The number of carbonyl (C=O) groups is 1. The van der Waals surface area contributed by atoms with Crippen molar-refractivity contribution in [3.05, 3.63) is 0 Å². The standard InChI is InChI=1S/C9H10O/c10-9-5-2-3-1-4(5)7-6(3)8(7)9/h3-8H,1-2H2. The number of rotatable bonds is 0. The molecule has 0 spiro atoms. The van der Waals surface area contributed by atoms with Crippen LogP contribution in [0.15, 0.2) is 0 Å². The van der Waals surface area contributed by atoms with Crippen molar-refractivity contribution in [3.8, 4) is 0 Å². The second kappa shape index (κ2) is 0.992. The molecule has 0 aliphatic heterocycles. The van der Waals surface area contributed by atoms with Crippen LogP contribution in [-0.4, -0.2) is 5.78 Å². The maximum absolute atomic E-state index is 11.4. The Labute approximate surface area is 59.8 Å². The third-order valence-electron chi connectivity index (χ3n) is 4.51. The van der Waals surface area contributed by atoms with Crippen LogP contribution in [0.3, 0.4) is 0 Å². The van der Waals surface area contributed by atoms with Gasteiger partial charge in [0.15, 0.2) is 0 Å². The van der Waals surface area contributed by atoms with Gasteiger partial charge >= 0.3 is 0 Å². The molecule has 0 aromatic heterocycles. The van der Waals surface area contributed by atoms with Crippen LogP contribution in [0.1, 0.15) is 12.8 Å². The lowest BCUT2D eigenvalue weighted by molar-refractivity contribution is -0.124. The van der Waals surface area contributed by atoms with E-state index in [0.29, 0.717) is 17.6 Å². The molecule has 0 amide bonds. The topological polar surface area (TPSA) is 17.1 Å². The van der Waals surface area contributed by atoms with Crippen molar-refractivity contribution in [1.29, 1.82) is 0 Å². The Hall–Kier alpha value is -0.330. The van der Waals surface area contributed by atoms with Gasteiger partial charge in [-0.2, -0.15) is 0 Å². The lowest BCUT2D eigenvalue weighted by Crippen LogP contribution is -2.22. The maximum atomic E-state index is 11.4. The molecular weight excluding hydrogens is 124 g/mol. The van der Waals surface area contributed by atoms with Crippen molar-refractivity contribution in [2.75, 3.05) is 0 Å². The minimum absolute atomic E-state index is 0.560. The fraction of sp³-hybridized carbons (Fsp3) is 0.889. The van der Waals surface area contributed by atoms with E-state index in [0.717, 1.165) is 23.7 Å². The molecule has 0 aromatic carbocycles. The van der Waals surface area contributed by atoms with Crippen molar-refractivity contribution in [3.63, 3.8) is 0 Å². The van der Waals surface area contributed by atoms with E-state index in [-0.39, 0.29) is 0 Å². The Bertz CT molecular complexity index is 241. The van der Waals surface area contributed by atoms with Crippen LogP contribution in [-0.2, 0) is 4.79 Å². The first kappa shape index (κ1) is 4.53. The van der Waals surface area contributed by atoms with Crippen molar-refractivity contribution in [1.82, 2.24) is 0 Å². The van der Waals surface area contributed by atoms with E-state index < -0.39 is 0 Å². The van der Waals surface area contributed by atoms with Gasteiger partial charge in [0, 0.05) is 11.8 Å². The van der Waals surface area contributed by atoms with E-state index in [9.17, 15) is 4.79 Å². The molecule has 10 heavy (non-hydrogen) atoms. The Kier molecular flexibility index (Phi) is 0.449. The molecule has 6 atom stereocenters. The van der Waals surface area contributed by atoms with Crippen LogP contribution >= 0.6 is 0 Å². The van der Waals surface area contributed by atoms with Gasteiger partial charge in [0.05, 0.1) is 0 Å². The summed E-state index contributed by atoms with van der Waals surface area (Å²) in [5.74, 6) is 5.52. The molecule has 1 nitrogen and oxygen atoms in total. The first-order valence-corrected chi connectivity index (χ1v) is 4.41. The first-order chi connectivity index (χ1) is 4.88. The highest BCUT2D eigenvalue weighted by atomic mass is 16.1. The molecule has 0 radical (unpaired) electrons. The van der Waals surface area contributed by atoms with Crippen LogP contribution in [0.2, 0.25) is 0 Å². The summed E-state index contributed by atoms with van der Waals surface area (Å²) in [5.41, 5.74) is 0. The number of ketones is 1. The van der Waals surface area contributed by atoms with Crippen molar-refractivity contribution in [2.24, 2.45) is 35.5 Å². The predicted octanol–water partition coefficient (Wildman–Crippen LogP) is 1.09. The predicted molar refractivity (Wildman–Crippen MR) is 35.2 cm³/mol. The quantitative estimate of drug-likeness (QED) is 0.484. The summed E-state index contributed by atoms with van der Waals surface area (Å²) in [4.78, 5) is 11.4. The Morgan fingerprint density at radius 3 is 2.60 bits per heavy atom. The average Bonchev–Trinajstić information content (AvgIpc) is 2.35. The van der Waals surface area contributed by atoms with Gasteiger partial charge in [-0.05, 0) is 36.5 Å². The van der Waals surface area contributed by atoms with E-state index in [1.807, 2.05) is 0 Å². The second-order valence-electron chi connectivity index (χ2n) is 4.58. The number of fused-ring (bicyclic) bond motifs is 3. The number of hydrogen-bond acceptors (Lipinski definition) is 1. The highest BCUT2D eigenvalue weighted by Gasteiger charge is 2.77. The van der Waals surface area contributed by atoms with Crippen molar-refractivity contribution >= 4 is 5.78 Å². The van der Waals surface area contributed by atoms with Gasteiger partial charge in [0.25, 0.3) is 0 Å². The lowest BCUT2D eigenvalue weighted by atomic mass is 9.85. The maximum Gasteiger partial charge on any atom is 0.139 e. The lowest BCUT2D eigenvalue weighted by Gasteiger charge is -2.18. The van der Waals surface area contributed by atoms with Crippen molar-refractivity contribution in [2.45, 2.75) is 12.8 Å². The van der Waals surface area contributed by atoms with E-state index in [4.69, 9.17) is 0 Å². The van der Waals surface area contributed by atoms with Crippen LogP contribution in [0.5, 0.6) is 0 Å². The molecule has 52 valence electrons. The van der Waals surface area contributed by atoms with Gasteiger partial charge in [-0.1, -0.05) is 0 Å². The summed E-state index contributed by atoms with van der Waals surface area (Å²) in [7, 11) is 0. The fourth-order valence-electron chi connectivity index (χ4n) is 4.32. The molecule has 0 N–H and O–H groups in total. The van der Waals surface area contributed by atoms with Gasteiger partial charge < -0.3 is 0 Å². The molecular formula is C9H10O. The van der Waals surface area contributed by atoms with Crippen LogP contribution in [0.4, 0.5) is 0 Å². The highest BCUT2D eigenvalue weighted by molar-refractivity contribution is 5.92. The molecule has 2 bridgehead atoms. The molecule has 4 aliphatic carbocycles. The first-order valence-electron chi connectivity index (χ1n) is 4.41. The average molecular weight is 134 g/mol. The molecule has 4 aliphatic rings. The van der Waals surface area contributed by atoms with E-state index in [1.54, 1.807) is 0 Å². The zero-order valence-electron chi connectivity index (χ0n) is 5.79. The van der Waals surface area contributed by atoms with Gasteiger partial charge in [0.1, 0.15) is 5.78 Å². The number of hydrogen-bond donors (Lipinski definition) is 0. The van der Waals surface area contributed by atoms with Crippen molar-refractivity contribution < 1.29 is 4.79 Å². The van der Waals surface area contributed by atoms with Gasteiger partial charge in [-0.3, -0.25) is 4.79 Å². The monoisotopic (exact) mass is 134 g/mol. The van der Waals surface area contributed by atoms with E-state index >= 15 is 0 Å². The number of Topliss-reactive ketones (excluding diaryl/α,β-unsaturated/α-hetero) is 1. The smallest absolute Gasteiger partial charge is 0.139 e. The zero-order chi connectivity index (χ0) is 6.46. The third-order valence-corrected chi connectivity index (χ3v) is 4.51. The van der Waals surface area contributed by atoms with Crippen LogP contribution < -0.4 is 0 Å². The van der Waals surface area contributed by atoms with Crippen LogP contribution in [0.25, 0.3) is 0 Å². The normalized spacial score (nSPS) is 73.4. The third kappa shape index (κ3) is 0.240. The largest absolute Gasteiger partial charge is 0.299 e. The molecule has 0 saturated heterocycles. The molecule has 4 fully saturated rings. The molecule has 4 saturated carbocycles. The Morgan fingerprint density at radius 2 is 2.10 bits per heavy atom. The summed E-state index contributed by atoms with van der Waals surface area (Å²) in [5, 5.41) is 0. The van der Waals surface area contributed by atoms with Gasteiger partial charge in [-0.25, -0.2) is 0 Å². The zero-order valence-corrected chi connectivity index (χ0v) is 5.79. The summed E-state index contributed by atoms with van der Waals surface area (Å²) in [6, 6.07) is 0. The minimum Gasteiger partial charge on any atom is -0.299 e. The molecule has 0 heterocycles. The number of carbonyl (C=O) groups excluding carboxylic acids is 1. The Morgan fingerprint density at radius 1 is 1.20 bits per heavy atom. The van der Waals surface area contributed by atoms with Gasteiger partial charge in [-0.15, -0.1) is 0 Å². The molecule has 4 rings (SSSR count). The highest BCUT2D eigenvalue weighted by Crippen LogP contribution is 2.77. The summed E-state index contributed by atoms with van der Waals surface area (Å²) in [6.07, 6.45) is 2.70. The van der Waals surface area contributed by atoms with E-state index in [1.165, 1.54) is 12.8 Å². The molecule has 0 aromatic rings. The van der Waals surface area contributed by atoms with E-state index in [2.05, 4.69) is 0 Å². The SMILES string of the molecule is O=C1C2CC3CC2C2C1C32. The Balaban J connectivity index is 2.01. The van der Waals surface area contributed by atoms with Crippen LogP contribution in [0, 0.1) is 35.5 Å². The van der Waals surface area contributed by atoms with Gasteiger partial charge in [0.2, 0.25) is 0 Å². The summed E-state index contributed by atoms with van der Waals surface area (Å²) < 4.78 is 0. The molecule has 6 unspecified atom stereocenters. The summed E-state index contributed by atoms with van der Waals surface area (Å²) >= 11 is 0. The second-order valence-corrected chi connectivity index (χ2v) is 4.58. The fourth-order valence-corrected chi connectivity index (χ4v) is 4.32. The molecule has 1 heteroatoms.